The van der Waals surface area contributed by atoms with Crippen LogP contribution >= 0.6 is 27.3 Å². The third kappa shape index (κ3) is 2.46. The third-order valence-corrected chi connectivity index (χ3v) is 2.85. The van der Waals surface area contributed by atoms with Crippen molar-refractivity contribution in [3.8, 4) is 0 Å². The van der Waals surface area contributed by atoms with Crippen LogP contribution in [0.4, 0.5) is 5.13 Å². The molecule has 1 heterocycles. The second-order valence-corrected chi connectivity index (χ2v) is 3.92. The summed E-state index contributed by atoms with van der Waals surface area (Å²) < 4.78 is 0.777. The van der Waals surface area contributed by atoms with Gasteiger partial charge in [-0.2, -0.15) is 0 Å². The van der Waals surface area contributed by atoms with Crippen LogP contribution in [0.3, 0.4) is 0 Å². The van der Waals surface area contributed by atoms with Gasteiger partial charge in [0.25, 0.3) is 0 Å². The Morgan fingerprint density at radius 2 is 2.58 bits per heavy atom. The molecule has 0 saturated carbocycles. The zero-order chi connectivity index (χ0) is 9.14. The normalized spacial score (nSPS) is 9.83. The molecule has 66 valence electrons. The molecule has 0 bridgehead atoms. The molecule has 0 aliphatic rings. The van der Waals surface area contributed by atoms with Crippen molar-refractivity contribution in [2.45, 2.75) is 0 Å². The van der Waals surface area contributed by atoms with Gasteiger partial charge in [-0.25, -0.2) is 4.98 Å². The number of carbonyl (C=O) groups excluding carboxylic acids is 1. The summed E-state index contributed by atoms with van der Waals surface area (Å²) in [4.78, 5) is 16.4. The molecule has 0 aromatic carbocycles. The summed E-state index contributed by atoms with van der Waals surface area (Å²) in [6.45, 7) is 0.194. The van der Waals surface area contributed by atoms with Crippen LogP contribution in [0.2, 0.25) is 0 Å². The van der Waals surface area contributed by atoms with Gasteiger partial charge in [0, 0.05) is 12.4 Å². The first-order chi connectivity index (χ1) is 5.59. The number of nitrogens with zero attached hydrogens (tertiary/aromatic N) is 2. The minimum Gasteiger partial charge on any atom is -0.368 e. The van der Waals surface area contributed by atoms with Gasteiger partial charge in [-0.15, -0.1) is 11.3 Å². The average molecular weight is 250 g/mol. The zero-order valence-corrected chi connectivity index (χ0v) is 8.85. The van der Waals surface area contributed by atoms with Gasteiger partial charge in [0.15, 0.2) is 5.13 Å². The van der Waals surface area contributed by atoms with Crippen molar-refractivity contribution in [1.82, 2.24) is 4.98 Å². The van der Waals surface area contributed by atoms with Crippen LogP contribution in [0.15, 0.2) is 9.98 Å². The predicted octanol–water partition coefficient (Wildman–Crippen LogP) is 0.827. The summed E-state index contributed by atoms with van der Waals surface area (Å²) in [5.74, 6) is -0.358. The van der Waals surface area contributed by atoms with Gasteiger partial charge < -0.3 is 10.6 Å². The van der Waals surface area contributed by atoms with E-state index in [1.165, 1.54) is 11.3 Å². The highest BCUT2D eigenvalue weighted by molar-refractivity contribution is 9.10. The molecule has 0 saturated heterocycles. The van der Waals surface area contributed by atoms with Crippen molar-refractivity contribution in [2.24, 2.45) is 5.73 Å². The minimum atomic E-state index is -0.358. The number of hydrogen-bond donors (Lipinski definition) is 1. The topological polar surface area (TPSA) is 59.2 Å². The Bertz CT molecular complexity index is 288. The summed E-state index contributed by atoms with van der Waals surface area (Å²) in [5, 5.41) is 2.63. The number of carbonyl (C=O) groups is 1. The van der Waals surface area contributed by atoms with Crippen LogP contribution in [0, 0.1) is 0 Å². The highest BCUT2D eigenvalue weighted by Crippen LogP contribution is 2.21. The van der Waals surface area contributed by atoms with Crippen LogP contribution in [0.5, 0.6) is 0 Å². The number of halogens is 1. The number of rotatable bonds is 3. The van der Waals surface area contributed by atoms with E-state index in [9.17, 15) is 4.79 Å². The molecule has 0 spiro atoms. The van der Waals surface area contributed by atoms with E-state index in [1.54, 1.807) is 11.9 Å². The van der Waals surface area contributed by atoms with Gasteiger partial charge in [-0.05, 0) is 15.9 Å². The first-order valence-electron chi connectivity index (χ1n) is 3.20. The fraction of sp³-hybridized carbons (Fsp3) is 0.333. The maximum atomic E-state index is 10.5. The molecule has 0 unspecified atom stereocenters. The van der Waals surface area contributed by atoms with Crippen LogP contribution < -0.4 is 10.6 Å². The predicted molar refractivity (Wildman–Crippen MR) is 52.3 cm³/mol. The molecule has 0 atom stereocenters. The van der Waals surface area contributed by atoms with Crippen molar-refractivity contribution in [2.75, 3.05) is 18.5 Å². The van der Waals surface area contributed by atoms with Crippen LogP contribution in [0.1, 0.15) is 0 Å². The molecule has 12 heavy (non-hydrogen) atoms. The van der Waals surface area contributed by atoms with Crippen LogP contribution in [0.25, 0.3) is 0 Å². The SMILES string of the molecule is CN(CC(N)=O)c1nc(Br)cs1. The summed E-state index contributed by atoms with van der Waals surface area (Å²) in [6, 6.07) is 0. The average Bonchev–Trinajstić information content (AvgIpc) is 2.34. The van der Waals surface area contributed by atoms with E-state index in [2.05, 4.69) is 20.9 Å². The van der Waals surface area contributed by atoms with Crippen molar-refractivity contribution < 1.29 is 4.79 Å². The Kier molecular flexibility index (Phi) is 3.05. The number of aromatic nitrogens is 1. The molecule has 0 aliphatic heterocycles. The second-order valence-electron chi connectivity index (χ2n) is 2.28. The van der Waals surface area contributed by atoms with E-state index in [0.717, 1.165) is 9.73 Å². The number of primary amides is 1. The summed E-state index contributed by atoms with van der Waals surface area (Å²) >= 11 is 4.68. The van der Waals surface area contributed by atoms with E-state index >= 15 is 0 Å². The maximum absolute atomic E-state index is 10.5. The van der Waals surface area contributed by atoms with E-state index in [-0.39, 0.29) is 12.5 Å². The summed E-state index contributed by atoms with van der Waals surface area (Å²) in [6.07, 6.45) is 0. The van der Waals surface area contributed by atoms with E-state index in [4.69, 9.17) is 5.73 Å². The first kappa shape index (κ1) is 9.47. The maximum Gasteiger partial charge on any atom is 0.237 e. The molecular formula is C6H8BrN3OS. The number of amides is 1. The summed E-state index contributed by atoms with van der Waals surface area (Å²) in [5.41, 5.74) is 5.02. The van der Waals surface area contributed by atoms with Gasteiger partial charge in [-0.1, -0.05) is 0 Å². The molecule has 1 aromatic rings. The third-order valence-electron chi connectivity index (χ3n) is 1.18. The number of nitrogens with two attached hydrogens (primary N) is 1. The van der Waals surface area contributed by atoms with E-state index < -0.39 is 0 Å². The number of thiazole rings is 1. The van der Waals surface area contributed by atoms with Crippen molar-refractivity contribution in [3.05, 3.63) is 9.98 Å². The van der Waals surface area contributed by atoms with Crippen molar-refractivity contribution >= 4 is 38.3 Å². The van der Waals surface area contributed by atoms with Gasteiger partial charge in [0.2, 0.25) is 5.91 Å². The lowest BCUT2D eigenvalue weighted by molar-refractivity contribution is -0.116. The van der Waals surface area contributed by atoms with Crippen LogP contribution in [-0.2, 0) is 4.79 Å². The number of anilines is 1. The van der Waals surface area contributed by atoms with Gasteiger partial charge in [0.05, 0.1) is 6.54 Å². The minimum absolute atomic E-state index is 0.194. The fourth-order valence-corrected chi connectivity index (χ4v) is 1.94. The van der Waals surface area contributed by atoms with Gasteiger partial charge in [-0.3, -0.25) is 4.79 Å². The molecule has 4 nitrogen and oxygen atoms in total. The molecule has 1 amide bonds. The van der Waals surface area contributed by atoms with E-state index in [1.807, 2.05) is 5.38 Å². The molecule has 2 N–H and O–H groups in total. The van der Waals surface area contributed by atoms with Crippen molar-refractivity contribution in [3.63, 3.8) is 0 Å². The molecular weight excluding hydrogens is 242 g/mol. The van der Waals surface area contributed by atoms with Crippen molar-refractivity contribution in [1.29, 1.82) is 0 Å². The molecule has 1 aromatic heterocycles. The number of hydrogen-bond acceptors (Lipinski definition) is 4. The fourth-order valence-electron chi connectivity index (χ4n) is 0.722. The Morgan fingerprint density at radius 1 is 1.92 bits per heavy atom. The monoisotopic (exact) mass is 249 g/mol. The lowest BCUT2D eigenvalue weighted by Crippen LogP contribution is -2.30. The lowest BCUT2D eigenvalue weighted by Gasteiger charge is -2.11. The Labute approximate surface area is 82.5 Å². The lowest BCUT2D eigenvalue weighted by atomic mass is 10.6. The van der Waals surface area contributed by atoms with Gasteiger partial charge >= 0.3 is 0 Å². The quantitative estimate of drug-likeness (QED) is 0.864. The molecule has 0 aliphatic carbocycles. The smallest absolute Gasteiger partial charge is 0.237 e. The zero-order valence-electron chi connectivity index (χ0n) is 6.45. The molecule has 0 fully saturated rings. The first-order valence-corrected chi connectivity index (χ1v) is 4.87. The summed E-state index contributed by atoms with van der Waals surface area (Å²) in [7, 11) is 1.77. The standard InChI is InChI=1S/C6H8BrN3OS/c1-10(2-5(8)11)6-9-4(7)3-12-6/h3H,2H2,1H3,(H2,8,11). The van der Waals surface area contributed by atoms with E-state index in [0.29, 0.717) is 0 Å². The molecule has 1 rings (SSSR count). The molecule has 0 radical (unpaired) electrons. The largest absolute Gasteiger partial charge is 0.368 e. The Hall–Kier alpha value is -0.620. The Morgan fingerprint density at radius 3 is 3.00 bits per heavy atom. The molecule has 6 heteroatoms. The highest BCUT2D eigenvalue weighted by atomic mass is 79.9. The Balaban J connectivity index is 2.64. The highest BCUT2D eigenvalue weighted by Gasteiger charge is 2.07. The second kappa shape index (κ2) is 3.86. The van der Waals surface area contributed by atoms with Crippen LogP contribution in [-0.4, -0.2) is 24.5 Å². The van der Waals surface area contributed by atoms with Gasteiger partial charge in [0.1, 0.15) is 4.60 Å². The number of likely N-dealkylation sites (N-methyl/N-ethyl adjacent to an activating group) is 1.